The Labute approximate surface area is 216 Å². The van der Waals surface area contributed by atoms with Crippen LogP contribution in [0.25, 0.3) is 56.0 Å². The van der Waals surface area contributed by atoms with E-state index in [2.05, 4.69) is 40.4 Å². The third-order valence-corrected chi connectivity index (χ3v) is 6.18. The molecule has 0 saturated heterocycles. The van der Waals surface area contributed by atoms with Crippen LogP contribution < -0.4 is 5.32 Å². The Kier molecular flexibility index (Phi) is 5.97. The molecule has 0 aromatic carbocycles. The SMILES string of the molecule is CC(C)CC(O)Nc1cncc(-c2cnc3[nH]nc(-c4nc5c(-c6ccncc6)nccc5[nH]4)c3c2F)c1. The maximum atomic E-state index is 16.0. The highest BCUT2D eigenvalue weighted by atomic mass is 19.1. The molecule has 6 rings (SSSR count). The third-order valence-electron chi connectivity index (χ3n) is 6.18. The van der Waals surface area contributed by atoms with Crippen LogP contribution in [0.3, 0.4) is 0 Å². The highest BCUT2D eigenvalue weighted by Crippen LogP contribution is 2.34. The smallest absolute Gasteiger partial charge is 0.159 e. The number of nitrogens with zero attached hydrogens (tertiary/aromatic N) is 6. The fraction of sp³-hybridized carbons (Fsp3) is 0.185. The van der Waals surface area contributed by atoms with Crippen molar-refractivity contribution in [2.45, 2.75) is 26.5 Å². The highest BCUT2D eigenvalue weighted by Gasteiger charge is 2.21. The molecule has 6 aromatic heterocycles. The van der Waals surface area contributed by atoms with Gasteiger partial charge in [-0.25, -0.2) is 14.4 Å². The largest absolute Gasteiger partial charge is 0.374 e. The number of rotatable bonds is 7. The van der Waals surface area contributed by atoms with Crippen molar-refractivity contribution < 1.29 is 9.50 Å². The van der Waals surface area contributed by atoms with E-state index in [1.807, 2.05) is 32.0 Å². The first kappa shape index (κ1) is 23.6. The summed E-state index contributed by atoms with van der Waals surface area (Å²) in [6.07, 6.45) is 9.49. The first-order valence-corrected chi connectivity index (χ1v) is 12.2. The second-order valence-corrected chi connectivity index (χ2v) is 9.41. The van der Waals surface area contributed by atoms with Crippen LogP contribution in [-0.4, -0.2) is 51.4 Å². The number of hydrogen-bond acceptors (Lipinski definition) is 8. The molecule has 4 N–H and O–H groups in total. The van der Waals surface area contributed by atoms with Gasteiger partial charge in [0.2, 0.25) is 0 Å². The summed E-state index contributed by atoms with van der Waals surface area (Å²) >= 11 is 0. The second kappa shape index (κ2) is 9.60. The van der Waals surface area contributed by atoms with Crippen molar-refractivity contribution in [2.75, 3.05) is 5.32 Å². The molecule has 0 aliphatic rings. The van der Waals surface area contributed by atoms with Crippen molar-refractivity contribution in [1.82, 2.24) is 40.1 Å². The van der Waals surface area contributed by atoms with Crippen LogP contribution in [0.2, 0.25) is 0 Å². The van der Waals surface area contributed by atoms with Gasteiger partial charge >= 0.3 is 0 Å². The van der Waals surface area contributed by atoms with Crippen molar-refractivity contribution in [3.8, 4) is 33.9 Å². The minimum Gasteiger partial charge on any atom is -0.374 e. The van der Waals surface area contributed by atoms with Crippen molar-refractivity contribution in [3.05, 3.63) is 67.3 Å². The number of imidazole rings is 1. The summed E-state index contributed by atoms with van der Waals surface area (Å²) in [7, 11) is 0. The molecular formula is C27H24FN9O. The van der Waals surface area contributed by atoms with E-state index in [1.54, 1.807) is 37.1 Å². The Morgan fingerprint density at radius 3 is 2.63 bits per heavy atom. The number of H-pyrrole nitrogens is 2. The average molecular weight is 510 g/mol. The topological polar surface area (TPSA) is 141 Å². The van der Waals surface area contributed by atoms with E-state index in [1.165, 1.54) is 6.20 Å². The molecule has 6 heterocycles. The van der Waals surface area contributed by atoms with E-state index in [4.69, 9.17) is 4.98 Å². The fourth-order valence-electron chi connectivity index (χ4n) is 4.46. The minimum atomic E-state index is -0.738. The molecule has 0 aliphatic carbocycles. The summed E-state index contributed by atoms with van der Waals surface area (Å²) in [6, 6.07) is 7.25. The maximum Gasteiger partial charge on any atom is 0.159 e. The van der Waals surface area contributed by atoms with Gasteiger partial charge in [-0.05, 0) is 36.6 Å². The van der Waals surface area contributed by atoms with Crippen LogP contribution in [0.5, 0.6) is 0 Å². The zero-order valence-electron chi connectivity index (χ0n) is 20.6. The van der Waals surface area contributed by atoms with E-state index in [0.717, 1.165) is 11.1 Å². The number of aromatic nitrogens is 8. The van der Waals surface area contributed by atoms with Crippen molar-refractivity contribution >= 4 is 27.8 Å². The molecule has 10 nitrogen and oxygen atoms in total. The van der Waals surface area contributed by atoms with Gasteiger partial charge in [0.15, 0.2) is 11.5 Å². The van der Waals surface area contributed by atoms with Crippen molar-refractivity contribution in [3.63, 3.8) is 0 Å². The number of aliphatic hydroxyl groups is 1. The maximum absolute atomic E-state index is 16.0. The van der Waals surface area contributed by atoms with Gasteiger partial charge in [0.05, 0.1) is 28.5 Å². The van der Waals surface area contributed by atoms with Crippen LogP contribution in [0, 0.1) is 11.7 Å². The molecule has 6 aromatic rings. The van der Waals surface area contributed by atoms with Gasteiger partial charge in [-0.15, -0.1) is 0 Å². The number of aliphatic hydroxyl groups excluding tert-OH is 1. The zero-order valence-corrected chi connectivity index (χ0v) is 20.6. The van der Waals surface area contributed by atoms with E-state index < -0.39 is 12.0 Å². The predicted molar refractivity (Wildman–Crippen MR) is 142 cm³/mol. The van der Waals surface area contributed by atoms with Gasteiger partial charge in [-0.1, -0.05) is 13.8 Å². The lowest BCUT2D eigenvalue weighted by Crippen LogP contribution is -2.20. The van der Waals surface area contributed by atoms with Crippen molar-refractivity contribution in [2.24, 2.45) is 5.92 Å². The van der Waals surface area contributed by atoms with Gasteiger partial charge in [-0.2, -0.15) is 5.10 Å². The molecule has 0 radical (unpaired) electrons. The van der Waals surface area contributed by atoms with E-state index in [0.29, 0.717) is 52.0 Å². The number of nitrogens with one attached hydrogen (secondary N) is 3. The zero-order chi connectivity index (χ0) is 26.2. The third kappa shape index (κ3) is 4.33. The predicted octanol–water partition coefficient (Wildman–Crippen LogP) is 4.94. The molecule has 0 bridgehead atoms. The van der Waals surface area contributed by atoms with Crippen LogP contribution in [0.4, 0.5) is 10.1 Å². The Morgan fingerprint density at radius 1 is 0.974 bits per heavy atom. The monoisotopic (exact) mass is 509 g/mol. The molecule has 0 saturated carbocycles. The summed E-state index contributed by atoms with van der Waals surface area (Å²) in [6.45, 7) is 4.05. The molecule has 0 spiro atoms. The van der Waals surface area contributed by atoms with Gasteiger partial charge in [0.1, 0.15) is 23.3 Å². The van der Waals surface area contributed by atoms with E-state index >= 15 is 4.39 Å². The number of halogens is 1. The molecule has 0 amide bonds. The normalized spacial score (nSPS) is 12.4. The molecule has 1 atom stereocenters. The molecule has 0 aliphatic heterocycles. The summed E-state index contributed by atoms with van der Waals surface area (Å²) in [5.41, 5.74) is 4.87. The summed E-state index contributed by atoms with van der Waals surface area (Å²) < 4.78 is 16.0. The molecule has 11 heteroatoms. The molecule has 1 unspecified atom stereocenters. The molecular weight excluding hydrogens is 485 g/mol. The Balaban J connectivity index is 1.42. The lowest BCUT2D eigenvalue weighted by molar-refractivity contribution is 0.176. The molecule has 0 fully saturated rings. The first-order valence-electron chi connectivity index (χ1n) is 12.2. The standard InChI is InChI=1S/C27H24FN9O/c1-14(2)9-20(38)33-17-10-16(11-30-12-17)18-13-32-26-21(22(18)28)25(36-37-26)27-34-19-5-8-31-23(24(19)35-27)15-3-6-29-7-4-15/h3-8,10-14,20,33,38H,9H2,1-2H3,(H,34,35)(H,32,36,37). The molecule has 38 heavy (non-hydrogen) atoms. The number of fused-ring (bicyclic) bond motifs is 2. The fourth-order valence-corrected chi connectivity index (χ4v) is 4.46. The summed E-state index contributed by atoms with van der Waals surface area (Å²) in [5.74, 6) is 0.193. The van der Waals surface area contributed by atoms with Crippen molar-refractivity contribution in [1.29, 1.82) is 0 Å². The minimum absolute atomic E-state index is 0.207. The first-order chi connectivity index (χ1) is 18.5. The van der Waals surface area contributed by atoms with E-state index in [9.17, 15) is 5.11 Å². The number of hydrogen-bond donors (Lipinski definition) is 4. The summed E-state index contributed by atoms with van der Waals surface area (Å²) in [5, 5.41) is 20.6. The number of pyridine rings is 4. The Morgan fingerprint density at radius 2 is 1.82 bits per heavy atom. The lowest BCUT2D eigenvalue weighted by Gasteiger charge is -2.16. The van der Waals surface area contributed by atoms with Gasteiger partial charge in [0, 0.05) is 47.7 Å². The van der Waals surface area contributed by atoms with Gasteiger partial charge < -0.3 is 15.4 Å². The lowest BCUT2D eigenvalue weighted by atomic mass is 10.1. The quantitative estimate of drug-likeness (QED) is 0.222. The van der Waals surface area contributed by atoms with Crippen LogP contribution in [0.15, 0.2) is 61.4 Å². The van der Waals surface area contributed by atoms with Crippen LogP contribution in [0.1, 0.15) is 20.3 Å². The number of aromatic amines is 2. The average Bonchev–Trinajstić information content (AvgIpc) is 3.54. The molecule has 190 valence electrons. The van der Waals surface area contributed by atoms with Crippen LogP contribution in [-0.2, 0) is 0 Å². The van der Waals surface area contributed by atoms with Gasteiger partial charge in [-0.3, -0.25) is 20.1 Å². The van der Waals surface area contributed by atoms with Gasteiger partial charge in [0.25, 0.3) is 0 Å². The second-order valence-electron chi connectivity index (χ2n) is 9.41. The Bertz CT molecular complexity index is 1750. The number of anilines is 1. The summed E-state index contributed by atoms with van der Waals surface area (Å²) in [4.78, 5) is 25.2. The van der Waals surface area contributed by atoms with Crippen LogP contribution >= 0.6 is 0 Å². The Hall–Kier alpha value is -4.77. The highest BCUT2D eigenvalue weighted by molar-refractivity contribution is 5.96. The van der Waals surface area contributed by atoms with E-state index in [-0.39, 0.29) is 10.9 Å².